The number of aliphatic hydroxyl groups is 1. The fourth-order valence-electron chi connectivity index (χ4n) is 1.40. The first kappa shape index (κ1) is 16.7. The van der Waals surface area contributed by atoms with Crippen molar-refractivity contribution in [2.75, 3.05) is 40.6 Å². The summed E-state index contributed by atoms with van der Waals surface area (Å²) in [6, 6.07) is 1.92. The molecule has 1 amide bonds. The minimum absolute atomic E-state index is 0.0579. The molecule has 0 saturated carbocycles. The summed E-state index contributed by atoms with van der Waals surface area (Å²) in [5.41, 5.74) is 0.858. The molecule has 0 aliphatic heterocycles. The second-order valence-corrected chi connectivity index (χ2v) is 5.05. The Kier molecular flexibility index (Phi) is 7.92. The Labute approximate surface area is 123 Å². The minimum atomic E-state index is -0.150. The van der Waals surface area contributed by atoms with Gasteiger partial charge in [0, 0.05) is 30.0 Å². The number of methoxy groups -OCH3 is 1. The summed E-state index contributed by atoms with van der Waals surface area (Å²) in [6.45, 7) is 1.33. The maximum Gasteiger partial charge on any atom is 0.248 e. The number of ether oxygens (including phenoxy) is 2. The van der Waals surface area contributed by atoms with Gasteiger partial charge in [-0.25, -0.2) is 0 Å². The lowest BCUT2D eigenvalue weighted by atomic mass is 10.3. The summed E-state index contributed by atoms with van der Waals surface area (Å²) in [5, 5.41) is 10.5. The zero-order valence-corrected chi connectivity index (χ0v) is 12.5. The summed E-state index contributed by atoms with van der Waals surface area (Å²) in [5.74, 6) is 5.36. The molecular formula is C14H19NO4S. The predicted octanol–water partition coefficient (Wildman–Crippen LogP) is 0.713. The number of thiophene rings is 1. The third-order valence-corrected chi connectivity index (χ3v) is 3.36. The minimum Gasteiger partial charge on any atom is -0.384 e. The van der Waals surface area contributed by atoms with E-state index in [4.69, 9.17) is 14.6 Å². The molecule has 0 bridgehead atoms. The van der Waals surface area contributed by atoms with Crippen molar-refractivity contribution in [3.63, 3.8) is 0 Å². The van der Waals surface area contributed by atoms with Crippen LogP contribution in [0.15, 0.2) is 11.4 Å². The molecule has 110 valence electrons. The Hall–Kier alpha value is -1.39. The van der Waals surface area contributed by atoms with Gasteiger partial charge in [0.1, 0.15) is 13.2 Å². The highest BCUT2D eigenvalue weighted by Gasteiger charge is 2.10. The van der Waals surface area contributed by atoms with Crippen LogP contribution in [0.3, 0.4) is 0 Å². The fourth-order valence-corrected chi connectivity index (χ4v) is 2.27. The molecule has 20 heavy (non-hydrogen) atoms. The maximum absolute atomic E-state index is 11.8. The molecule has 0 atom stereocenters. The Bertz CT molecular complexity index is 475. The Morgan fingerprint density at radius 1 is 1.50 bits per heavy atom. The molecule has 1 heterocycles. The summed E-state index contributed by atoms with van der Waals surface area (Å²) in [4.78, 5) is 14.4. The Balaban J connectivity index is 2.39. The quantitative estimate of drug-likeness (QED) is 0.595. The van der Waals surface area contributed by atoms with Crippen molar-refractivity contribution >= 4 is 17.2 Å². The Morgan fingerprint density at radius 2 is 2.30 bits per heavy atom. The SMILES string of the molecule is COCCOCC(=O)N(C)Cc1cc(C#CCO)cs1. The van der Waals surface area contributed by atoms with Gasteiger partial charge in [0.25, 0.3) is 0 Å². The number of amides is 1. The Morgan fingerprint density at radius 3 is 3.00 bits per heavy atom. The van der Waals surface area contributed by atoms with Crippen molar-refractivity contribution < 1.29 is 19.4 Å². The van der Waals surface area contributed by atoms with Crippen LogP contribution in [-0.2, 0) is 20.8 Å². The fraction of sp³-hybridized carbons (Fsp3) is 0.500. The highest BCUT2D eigenvalue weighted by atomic mass is 32.1. The normalized spacial score (nSPS) is 9.95. The first-order valence-electron chi connectivity index (χ1n) is 6.15. The van der Waals surface area contributed by atoms with Crippen LogP contribution < -0.4 is 0 Å². The van der Waals surface area contributed by atoms with Crippen molar-refractivity contribution in [2.45, 2.75) is 6.54 Å². The predicted molar refractivity (Wildman–Crippen MR) is 77.5 cm³/mol. The van der Waals surface area contributed by atoms with Crippen molar-refractivity contribution in [1.82, 2.24) is 4.90 Å². The highest BCUT2D eigenvalue weighted by molar-refractivity contribution is 7.10. The van der Waals surface area contributed by atoms with Gasteiger partial charge in [-0.2, -0.15) is 0 Å². The van der Waals surface area contributed by atoms with Gasteiger partial charge in [-0.3, -0.25) is 4.79 Å². The van der Waals surface area contributed by atoms with Crippen LogP contribution in [0, 0.1) is 11.8 Å². The summed E-state index contributed by atoms with van der Waals surface area (Å²) in [6.07, 6.45) is 0. The second-order valence-electron chi connectivity index (χ2n) is 4.06. The van der Waals surface area contributed by atoms with Crippen LogP contribution in [0.5, 0.6) is 0 Å². The smallest absolute Gasteiger partial charge is 0.248 e. The molecule has 1 aromatic rings. The second kappa shape index (κ2) is 9.50. The van der Waals surface area contributed by atoms with Crippen molar-refractivity contribution in [3.8, 4) is 11.8 Å². The third kappa shape index (κ3) is 6.17. The molecule has 0 fully saturated rings. The monoisotopic (exact) mass is 297 g/mol. The van der Waals surface area contributed by atoms with Crippen LogP contribution in [-0.4, -0.2) is 56.5 Å². The molecule has 5 nitrogen and oxygen atoms in total. The molecule has 0 aliphatic rings. The summed E-state index contributed by atoms with van der Waals surface area (Å²) < 4.78 is 10.0. The molecule has 1 rings (SSSR count). The molecule has 0 unspecified atom stereocenters. The molecule has 1 aromatic heterocycles. The average molecular weight is 297 g/mol. The van der Waals surface area contributed by atoms with Crippen LogP contribution in [0.1, 0.15) is 10.4 Å². The van der Waals surface area contributed by atoms with Gasteiger partial charge in [-0.05, 0) is 6.07 Å². The summed E-state index contributed by atoms with van der Waals surface area (Å²) >= 11 is 1.54. The average Bonchev–Trinajstić information content (AvgIpc) is 2.88. The van der Waals surface area contributed by atoms with Crippen LogP contribution >= 0.6 is 11.3 Å². The van der Waals surface area contributed by atoms with Crippen LogP contribution in [0.2, 0.25) is 0 Å². The standard InChI is InChI=1S/C14H19NO4S/c1-15(14(17)10-19-7-6-18-2)9-13-8-12(11-20-13)4-3-5-16/h8,11,16H,5-7,9-10H2,1-2H3. The molecule has 6 heteroatoms. The molecule has 0 spiro atoms. The van der Waals surface area contributed by atoms with E-state index >= 15 is 0 Å². The lowest BCUT2D eigenvalue weighted by Crippen LogP contribution is -2.30. The van der Waals surface area contributed by atoms with E-state index < -0.39 is 0 Å². The maximum atomic E-state index is 11.8. The van der Waals surface area contributed by atoms with Gasteiger partial charge in [0.2, 0.25) is 5.91 Å². The third-order valence-electron chi connectivity index (χ3n) is 2.44. The molecule has 0 aliphatic carbocycles. The first-order chi connectivity index (χ1) is 9.67. The number of hydrogen-bond acceptors (Lipinski definition) is 5. The zero-order valence-electron chi connectivity index (χ0n) is 11.7. The van der Waals surface area contributed by atoms with E-state index in [0.717, 1.165) is 10.4 Å². The van der Waals surface area contributed by atoms with Crippen molar-refractivity contribution in [3.05, 3.63) is 21.9 Å². The van der Waals surface area contributed by atoms with E-state index in [2.05, 4.69) is 11.8 Å². The molecule has 0 radical (unpaired) electrons. The lowest BCUT2D eigenvalue weighted by Gasteiger charge is -2.16. The van der Waals surface area contributed by atoms with E-state index in [1.165, 1.54) is 11.3 Å². The number of likely N-dealkylation sites (N-methyl/N-ethyl adjacent to an activating group) is 1. The van der Waals surface area contributed by atoms with Crippen molar-refractivity contribution in [2.24, 2.45) is 0 Å². The first-order valence-corrected chi connectivity index (χ1v) is 7.03. The number of hydrogen-bond donors (Lipinski definition) is 1. The molecule has 0 saturated heterocycles. The van der Waals surface area contributed by atoms with Gasteiger partial charge in [0.15, 0.2) is 0 Å². The van der Waals surface area contributed by atoms with E-state index in [-0.39, 0.29) is 19.1 Å². The van der Waals surface area contributed by atoms with E-state index in [9.17, 15) is 4.79 Å². The van der Waals surface area contributed by atoms with Gasteiger partial charge >= 0.3 is 0 Å². The largest absolute Gasteiger partial charge is 0.384 e. The van der Waals surface area contributed by atoms with E-state index in [1.807, 2.05) is 11.4 Å². The van der Waals surface area contributed by atoms with Gasteiger partial charge < -0.3 is 19.5 Å². The number of nitrogens with zero attached hydrogens (tertiary/aromatic N) is 1. The number of carbonyl (C=O) groups is 1. The lowest BCUT2D eigenvalue weighted by molar-refractivity contribution is -0.135. The summed E-state index contributed by atoms with van der Waals surface area (Å²) in [7, 11) is 3.33. The van der Waals surface area contributed by atoms with Gasteiger partial charge in [-0.15, -0.1) is 11.3 Å². The topological polar surface area (TPSA) is 59.0 Å². The molecular weight excluding hydrogens is 278 g/mol. The van der Waals surface area contributed by atoms with Crippen LogP contribution in [0.25, 0.3) is 0 Å². The van der Waals surface area contributed by atoms with Gasteiger partial charge in [-0.1, -0.05) is 11.8 Å². The molecule has 1 N–H and O–H groups in total. The number of aliphatic hydroxyl groups excluding tert-OH is 1. The highest BCUT2D eigenvalue weighted by Crippen LogP contribution is 2.15. The van der Waals surface area contributed by atoms with E-state index in [1.54, 1.807) is 19.1 Å². The van der Waals surface area contributed by atoms with E-state index in [0.29, 0.717) is 19.8 Å². The van der Waals surface area contributed by atoms with Crippen LogP contribution in [0.4, 0.5) is 0 Å². The number of carbonyl (C=O) groups excluding carboxylic acids is 1. The number of rotatable bonds is 7. The van der Waals surface area contributed by atoms with Crippen molar-refractivity contribution in [1.29, 1.82) is 0 Å². The van der Waals surface area contributed by atoms with Gasteiger partial charge in [0.05, 0.1) is 19.8 Å². The zero-order chi connectivity index (χ0) is 14.8. The molecule has 0 aromatic carbocycles.